The highest BCUT2D eigenvalue weighted by Gasteiger charge is 2.07. The molecule has 3 N–H and O–H groups in total. The maximum atomic E-state index is 11.8. The van der Waals surface area contributed by atoms with Gasteiger partial charge in [0.15, 0.2) is 0 Å². The lowest BCUT2D eigenvalue weighted by Crippen LogP contribution is -2.34. The summed E-state index contributed by atoms with van der Waals surface area (Å²) < 4.78 is 0. The molecule has 0 spiro atoms. The van der Waals surface area contributed by atoms with Gasteiger partial charge in [0, 0.05) is 24.1 Å². The van der Waals surface area contributed by atoms with E-state index in [-0.39, 0.29) is 13.0 Å². The van der Waals surface area contributed by atoms with E-state index < -0.39 is 12.0 Å². The van der Waals surface area contributed by atoms with E-state index in [1.165, 1.54) is 0 Å². The Balaban J connectivity index is 2.04. The van der Waals surface area contributed by atoms with Crippen molar-refractivity contribution in [3.63, 3.8) is 0 Å². The Morgan fingerprint density at radius 2 is 1.46 bits per heavy atom. The van der Waals surface area contributed by atoms with Crippen molar-refractivity contribution in [2.75, 3.05) is 6.54 Å². The third-order valence-corrected chi connectivity index (χ3v) is 3.22. The zero-order valence-corrected chi connectivity index (χ0v) is 13.1. The summed E-state index contributed by atoms with van der Waals surface area (Å²) in [7, 11) is 0. The first-order valence-electron chi connectivity index (χ1n) is 7.61. The van der Waals surface area contributed by atoms with Crippen molar-refractivity contribution in [3.05, 3.63) is 71.8 Å². The average molecular weight is 325 g/mol. The molecule has 0 unspecified atom stereocenters. The summed E-state index contributed by atoms with van der Waals surface area (Å²) in [5.74, 6) is -0.884. The zero-order chi connectivity index (χ0) is 17.2. The molecule has 0 radical (unpaired) electrons. The molecule has 6 nitrogen and oxygen atoms in total. The number of carboxylic acid groups (broad SMARTS) is 1. The van der Waals surface area contributed by atoms with E-state index in [9.17, 15) is 9.59 Å². The largest absolute Gasteiger partial charge is 0.481 e. The Morgan fingerprint density at radius 3 is 1.96 bits per heavy atom. The van der Waals surface area contributed by atoms with Gasteiger partial charge in [-0.05, 0) is 6.42 Å². The van der Waals surface area contributed by atoms with Crippen LogP contribution >= 0.6 is 0 Å². The first-order chi connectivity index (χ1) is 11.7. The van der Waals surface area contributed by atoms with Crippen molar-refractivity contribution in [3.8, 4) is 0 Å². The molecule has 124 valence electrons. The maximum absolute atomic E-state index is 11.8. The topological polar surface area (TPSA) is 90.8 Å². The van der Waals surface area contributed by atoms with Crippen LogP contribution in [-0.4, -0.2) is 29.4 Å². The van der Waals surface area contributed by atoms with Crippen LogP contribution in [0.15, 0.2) is 65.8 Å². The third-order valence-electron chi connectivity index (χ3n) is 3.22. The Morgan fingerprint density at radius 1 is 0.917 bits per heavy atom. The van der Waals surface area contributed by atoms with Crippen LogP contribution in [0.3, 0.4) is 0 Å². The van der Waals surface area contributed by atoms with Gasteiger partial charge in [-0.1, -0.05) is 60.7 Å². The molecule has 24 heavy (non-hydrogen) atoms. The van der Waals surface area contributed by atoms with E-state index >= 15 is 0 Å². The highest BCUT2D eigenvalue weighted by molar-refractivity contribution is 6.13. The Hall–Kier alpha value is -3.15. The van der Waals surface area contributed by atoms with Gasteiger partial charge in [0.2, 0.25) is 0 Å². The fourth-order valence-electron chi connectivity index (χ4n) is 2.08. The lowest BCUT2D eigenvalue weighted by molar-refractivity contribution is -0.137. The first-order valence-corrected chi connectivity index (χ1v) is 7.61. The molecule has 0 aliphatic carbocycles. The van der Waals surface area contributed by atoms with Gasteiger partial charge in [0.1, 0.15) is 0 Å². The van der Waals surface area contributed by atoms with E-state index in [2.05, 4.69) is 15.8 Å². The molecule has 2 amide bonds. The number of rotatable bonds is 7. The number of carboxylic acids is 1. The first kappa shape index (κ1) is 17.2. The van der Waals surface area contributed by atoms with Gasteiger partial charge in [0.05, 0.1) is 5.71 Å². The molecule has 2 aromatic rings. The predicted molar refractivity (Wildman–Crippen MR) is 91.9 cm³/mol. The van der Waals surface area contributed by atoms with Crippen LogP contribution in [-0.2, 0) is 4.79 Å². The van der Waals surface area contributed by atoms with Crippen molar-refractivity contribution in [1.82, 2.24) is 10.7 Å². The second-order valence-corrected chi connectivity index (χ2v) is 5.06. The van der Waals surface area contributed by atoms with E-state index in [4.69, 9.17) is 5.11 Å². The molecular weight excluding hydrogens is 306 g/mol. The molecule has 6 heteroatoms. The molecule has 0 aliphatic rings. The highest BCUT2D eigenvalue weighted by atomic mass is 16.4. The Bertz CT molecular complexity index is 658. The van der Waals surface area contributed by atoms with E-state index in [1.54, 1.807) is 0 Å². The van der Waals surface area contributed by atoms with Gasteiger partial charge in [0.25, 0.3) is 0 Å². The second kappa shape index (κ2) is 9.09. The molecule has 0 heterocycles. The number of hydrogen-bond donors (Lipinski definition) is 3. The zero-order valence-electron chi connectivity index (χ0n) is 13.1. The summed E-state index contributed by atoms with van der Waals surface area (Å²) in [5, 5.41) is 15.3. The van der Waals surface area contributed by atoms with Crippen molar-refractivity contribution >= 4 is 17.7 Å². The monoisotopic (exact) mass is 325 g/mol. The van der Waals surface area contributed by atoms with Gasteiger partial charge in [-0.15, -0.1) is 0 Å². The quantitative estimate of drug-likeness (QED) is 0.415. The molecule has 2 rings (SSSR count). The van der Waals surface area contributed by atoms with Crippen LogP contribution in [0.4, 0.5) is 4.79 Å². The summed E-state index contributed by atoms with van der Waals surface area (Å²) in [6, 6.07) is 18.6. The molecule has 0 fully saturated rings. The molecule has 0 aromatic heterocycles. The lowest BCUT2D eigenvalue weighted by atomic mass is 10.0. The Labute approximate surface area is 140 Å². The second-order valence-electron chi connectivity index (χ2n) is 5.06. The van der Waals surface area contributed by atoms with Crippen molar-refractivity contribution in [2.45, 2.75) is 12.8 Å². The number of hydrogen-bond acceptors (Lipinski definition) is 3. The fraction of sp³-hybridized carbons (Fsp3) is 0.167. The minimum Gasteiger partial charge on any atom is -0.481 e. The molecule has 2 aromatic carbocycles. The number of urea groups is 1. The molecule has 0 aliphatic heterocycles. The molecular formula is C18H19N3O3. The standard InChI is InChI=1S/C18H19N3O3/c22-16(23)12-7-13-19-18(24)21-20-17(14-8-3-1-4-9-14)15-10-5-2-6-11-15/h1-6,8-11H,7,12-13H2,(H,22,23)(H2,19,21,24). The van der Waals surface area contributed by atoms with Crippen LogP contribution in [0.1, 0.15) is 24.0 Å². The lowest BCUT2D eigenvalue weighted by Gasteiger charge is -2.08. The summed E-state index contributed by atoms with van der Waals surface area (Å²) >= 11 is 0. The summed E-state index contributed by atoms with van der Waals surface area (Å²) in [6.45, 7) is 0.277. The third kappa shape index (κ3) is 5.57. The SMILES string of the molecule is O=C(O)CCCNC(=O)NN=C(c1ccccc1)c1ccccc1. The smallest absolute Gasteiger partial charge is 0.335 e. The normalized spacial score (nSPS) is 9.83. The number of nitrogens with one attached hydrogen (secondary N) is 2. The van der Waals surface area contributed by atoms with Gasteiger partial charge < -0.3 is 10.4 Å². The number of benzene rings is 2. The van der Waals surface area contributed by atoms with Crippen LogP contribution in [0.25, 0.3) is 0 Å². The summed E-state index contributed by atoms with van der Waals surface area (Å²) in [6.07, 6.45) is 0.388. The average Bonchev–Trinajstić information content (AvgIpc) is 2.61. The van der Waals surface area contributed by atoms with Crippen LogP contribution in [0.2, 0.25) is 0 Å². The summed E-state index contributed by atoms with van der Waals surface area (Å²) in [4.78, 5) is 22.2. The number of hydrazone groups is 1. The number of nitrogens with zero attached hydrogens (tertiary/aromatic N) is 1. The van der Waals surface area contributed by atoms with Gasteiger partial charge in [-0.3, -0.25) is 4.79 Å². The van der Waals surface area contributed by atoms with E-state index in [1.807, 2.05) is 60.7 Å². The maximum Gasteiger partial charge on any atom is 0.335 e. The number of carbonyl (C=O) groups is 2. The van der Waals surface area contributed by atoms with Gasteiger partial charge in [-0.2, -0.15) is 5.10 Å². The molecule has 0 saturated heterocycles. The Kier molecular flexibility index (Phi) is 6.52. The number of carbonyl (C=O) groups excluding carboxylic acids is 1. The van der Waals surface area contributed by atoms with E-state index in [0.717, 1.165) is 11.1 Å². The number of amides is 2. The van der Waals surface area contributed by atoms with E-state index in [0.29, 0.717) is 12.1 Å². The highest BCUT2D eigenvalue weighted by Crippen LogP contribution is 2.10. The fourth-order valence-corrected chi connectivity index (χ4v) is 2.08. The van der Waals surface area contributed by atoms with Crippen molar-refractivity contribution in [2.24, 2.45) is 5.10 Å². The van der Waals surface area contributed by atoms with Crippen molar-refractivity contribution in [1.29, 1.82) is 0 Å². The van der Waals surface area contributed by atoms with Gasteiger partial charge >= 0.3 is 12.0 Å². The minimum atomic E-state index is -0.884. The predicted octanol–water partition coefficient (Wildman–Crippen LogP) is 2.60. The van der Waals surface area contributed by atoms with Crippen LogP contribution in [0.5, 0.6) is 0 Å². The van der Waals surface area contributed by atoms with Crippen LogP contribution in [0, 0.1) is 0 Å². The number of aliphatic carboxylic acids is 1. The summed E-state index contributed by atoms with van der Waals surface area (Å²) in [5.41, 5.74) is 4.88. The van der Waals surface area contributed by atoms with Crippen LogP contribution < -0.4 is 10.7 Å². The molecule has 0 bridgehead atoms. The molecule has 0 saturated carbocycles. The van der Waals surface area contributed by atoms with Crippen molar-refractivity contribution < 1.29 is 14.7 Å². The van der Waals surface area contributed by atoms with Gasteiger partial charge in [-0.25, -0.2) is 10.2 Å². The minimum absolute atomic E-state index is 0.0167. The molecule has 0 atom stereocenters.